The Morgan fingerprint density at radius 2 is 2.15 bits per heavy atom. The smallest absolute Gasteiger partial charge is 0.119 e. The molecule has 76 valence electrons. The molecule has 1 unspecified atom stereocenters. The minimum absolute atomic E-state index is 0.486. The molecule has 0 saturated heterocycles. The second-order valence-electron chi connectivity index (χ2n) is 4.17. The number of hydrazone groups is 1. The first kappa shape index (κ1) is 10.4. The summed E-state index contributed by atoms with van der Waals surface area (Å²) in [5.74, 6) is 0.730. The van der Waals surface area contributed by atoms with Gasteiger partial charge in [0.1, 0.15) is 12.5 Å². The third kappa shape index (κ3) is 2.61. The topological polar surface area (TPSA) is 18.8 Å². The predicted octanol–water partition coefficient (Wildman–Crippen LogP) is 1.96. The van der Waals surface area contributed by atoms with E-state index in [0.717, 1.165) is 12.5 Å². The van der Waals surface area contributed by atoms with Crippen LogP contribution in [0.15, 0.2) is 5.10 Å². The van der Waals surface area contributed by atoms with E-state index in [9.17, 15) is 0 Å². The first-order valence-electron chi connectivity index (χ1n) is 5.17. The fourth-order valence-electron chi connectivity index (χ4n) is 1.66. The van der Waals surface area contributed by atoms with Gasteiger partial charge in [0.2, 0.25) is 0 Å². The lowest BCUT2D eigenvalue weighted by Crippen LogP contribution is -2.38. The third-order valence-corrected chi connectivity index (χ3v) is 2.33. The van der Waals surface area contributed by atoms with Crippen LogP contribution in [-0.2, 0) is 0 Å². The second kappa shape index (κ2) is 4.49. The van der Waals surface area contributed by atoms with Crippen molar-refractivity contribution >= 4 is 6.34 Å². The van der Waals surface area contributed by atoms with Crippen molar-refractivity contribution in [1.29, 1.82) is 0 Å². The van der Waals surface area contributed by atoms with Crippen LogP contribution in [0.2, 0.25) is 0 Å². The molecule has 13 heavy (non-hydrogen) atoms. The molecule has 0 spiro atoms. The van der Waals surface area contributed by atoms with Crippen LogP contribution in [0.3, 0.4) is 0 Å². The van der Waals surface area contributed by atoms with Crippen LogP contribution in [0, 0.1) is 5.92 Å². The van der Waals surface area contributed by atoms with E-state index < -0.39 is 0 Å². The number of hydrogen-bond donors (Lipinski definition) is 0. The molecule has 0 aromatic heterocycles. The average Bonchev–Trinajstić information content (AvgIpc) is 2.36. The molecular formula is C10H21N3. The highest BCUT2D eigenvalue weighted by Crippen LogP contribution is 2.18. The van der Waals surface area contributed by atoms with Crippen molar-refractivity contribution in [3.05, 3.63) is 0 Å². The molecule has 1 rings (SSSR count). The van der Waals surface area contributed by atoms with Gasteiger partial charge < -0.3 is 4.90 Å². The molecule has 0 aromatic carbocycles. The maximum absolute atomic E-state index is 4.38. The van der Waals surface area contributed by atoms with Gasteiger partial charge in [0.05, 0.1) is 0 Å². The monoisotopic (exact) mass is 183 g/mol. The highest BCUT2D eigenvalue weighted by molar-refractivity contribution is 5.56. The van der Waals surface area contributed by atoms with Crippen LogP contribution in [0.4, 0.5) is 0 Å². The van der Waals surface area contributed by atoms with Crippen molar-refractivity contribution < 1.29 is 0 Å². The Labute approximate surface area is 81.4 Å². The van der Waals surface area contributed by atoms with Gasteiger partial charge in [-0.1, -0.05) is 20.8 Å². The number of hydrogen-bond acceptors (Lipinski definition) is 3. The molecule has 0 aromatic rings. The molecular weight excluding hydrogens is 162 g/mol. The lowest BCUT2D eigenvalue weighted by atomic mass is 10.1. The zero-order valence-electron chi connectivity index (χ0n) is 9.20. The molecule has 0 aliphatic carbocycles. The fourth-order valence-corrected chi connectivity index (χ4v) is 1.66. The lowest BCUT2D eigenvalue weighted by molar-refractivity contribution is 0.124. The second-order valence-corrected chi connectivity index (χ2v) is 4.17. The van der Waals surface area contributed by atoms with Gasteiger partial charge in [-0.05, 0) is 18.8 Å². The first-order chi connectivity index (χ1) is 6.15. The summed E-state index contributed by atoms with van der Waals surface area (Å²) in [6.07, 6.45) is 4.78. The van der Waals surface area contributed by atoms with E-state index in [0.29, 0.717) is 6.17 Å². The quantitative estimate of drug-likeness (QED) is 0.663. The van der Waals surface area contributed by atoms with E-state index in [2.05, 4.69) is 42.8 Å². The highest BCUT2D eigenvalue weighted by Gasteiger charge is 2.24. The van der Waals surface area contributed by atoms with Crippen molar-refractivity contribution in [3.8, 4) is 0 Å². The molecule has 0 amide bonds. The zero-order chi connectivity index (χ0) is 9.84. The van der Waals surface area contributed by atoms with Crippen molar-refractivity contribution in [2.45, 2.75) is 39.8 Å². The lowest BCUT2D eigenvalue weighted by Gasteiger charge is -2.29. The van der Waals surface area contributed by atoms with Crippen molar-refractivity contribution in [3.63, 3.8) is 0 Å². The van der Waals surface area contributed by atoms with E-state index in [4.69, 9.17) is 0 Å². The number of rotatable bonds is 4. The molecule has 0 saturated carbocycles. The minimum Gasteiger partial charge on any atom is -0.343 e. The van der Waals surface area contributed by atoms with Gasteiger partial charge in [0, 0.05) is 13.6 Å². The molecule has 3 nitrogen and oxygen atoms in total. The molecule has 0 radical (unpaired) electrons. The summed E-state index contributed by atoms with van der Waals surface area (Å²) in [6.45, 7) is 7.78. The maximum atomic E-state index is 4.38. The van der Waals surface area contributed by atoms with Gasteiger partial charge >= 0.3 is 0 Å². The standard InChI is InChI=1S/C10H21N3/c1-5-6-13-10(7-9(2)3)12(4)8-11-13/h8-10H,5-7H2,1-4H3. The molecule has 1 aliphatic heterocycles. The molecule has 0 bridgehead atoms. The van der Waals surface area contributed by atoms with Crippen molar-refractivity contribution in [2.24, 2.45) is 11.0 Å². The Balaban J connectivity index is 2.48. The first-order valence-corrected chi connectivity index (χ1v) is 5.17. The summed E-state index contributed by atoms with van der Waals surface area (Å²) < 4.78 is 0. The van der Waals surface area contributed by atoms with Crippen molar-refractivity contribution in [1.82, 2.24) is 9.91 Å². The SMILES string of the molecule is CCCN1N=CN(C)C1CC(C)C. The van der Waals surface area contributed by atoms with Gasteiger partial charge in [-0.15, -0.1) is 0 Å². The van der Waals surface area contributed by atoms with Gasteiger partial charge in [0.15, 0.2) is 0 Å². The van der Waals surface area contributed by atoms with Gasteiger partial charge in [0.25, 0.3) is 0 Å². The highest BCUT2D eigenvalue weighted by atomic mass is 15.6. The summed E-state index contributed by atoms with van der Waals surface area (Å²) in [7, 11) is 2.10. The molecule has 0 fully saturated rings. The van der Waals surface area contributed by atoms with Crippen LogP contribution in [0.5, 0.6) is 0 Å². The number of nitrogens with zero attached hydrogens (tertiary/aromatic N) is 3. The van der Waals surface area contributed by atoms with Crippen LogP contribution in [-0.4, -0.2) is 36.0 Å². The summed E-state index contributed by atoms with van der Waals surface area (Å²) in [5, 5.41) is 6.57. The van der Waals surface area contributed by atoms with Gasteiger partial charge in [-0.2, -0.15) is 5.10 Å². The summed E-state index contributed by atoms with van der Waals surface area (Å²) >= 11 is 0. The normalized spacial score (nSPS) is 22.1. The Morgan fingerprint density at radius 1 is 1.46 bits per heavy atom. The van der Waals surface area contributed by atoms with E-state index in [1.165, 1.54) is 12.8 Å². The molecule has 0 N–H and O–H groups in total. The van der Waals surface area contributed by atoms with Crippen molar-refractivity contribution in [2.75, 3.05) is 13.6 Å². The Kier molecular flexibility index (Phi) is 3.58. The third-order valence-electron chi connectivity index (χ3n) is 2.33. The maximum Gasteiger partial charge on any atom is 0.119 e. The minimum atomic E-state index is 0.486. The Morgan fingerprint density at radius 3 is 2.69 bits per heavy atom. The molecule has 1 atom stereocenters. The fraction of sp³-hybridized carbons (Fsp3) is 0.900. The molecule has 1 heterocycles. The summed E-state index contributed by atoms with van der Waals surface area (Å²) in [5.41, 5.74) is 0. The summed E-state index contributed by atoms with van der Waals surface area (Å²) in [4.78, 5) is 2.20. The van der Waals surface area contributed by atoms with E-state index in [1.807, 2.05) is 6.34 Å². The van der Waals surface area contributed by atoms with Crippen LogP contribution < -0.4 is 0 Å². The molecule has 1 aliphatic rings. The Hall–Kier alpha value is -0.730. The van der Waals surface area contributed by atoms with Gasteiger partial charge in [-0.25, -0.2) is 0 Å². The van der Waals surface area contributed by atoms with Crippen LogP contribution >= 0.6 is 0 Å². The van der Waals surface area contributed by atoms with E-state index >= 15 is 0 Å². The van der Waals surface area contributed by atoms with Gasteiger partial charge in [-0.3, -0.25) is 5.01 Å². The predicted molar refractivity (Wildman–Crippen MR) is 56.5 cm³/mol. The van der Waals surface area contributed by atoms with Crippen LogP contribution in [0.25, 0.3) is 0 Å². The molecule has 3 heteroatoms. The van der Waals surface area contributed by atoms with E-state index in [-0.39, 0.29) is 0 Å². The van der Waals surface area contributed by atoms with Crippen LogP contribution in [0.1, 0.15) is 33.6 Å². The summed E-state index contributed by atoms with van der Waals surface area (Å²) in [6, 6.07) is 0. The zero-order valence-corrected chi connectivity index (χ0v) is 9.20. The Bertz CT molecular complexity index is 177. The average molecular weight is 183 g/mol. The van der Waals surface area contributed by atoms with E-state index in [1.54, 1.807) is 0 Å². The largest absolute Gasteiger partial charge is 0.343 e.